The van der Waals surface area contributed by atoms with Gasteiger partial charge in [0.1, 0.15) is 6.33 Å². The van der Waals surface area contributed by atoms with Crippen LogP contribution >= 0.6 is 39.0 Å². The van der Waals surface area contributed by atoms with Gasteiger partial charge in [-0.05, 0) is 51.6 Å². The molecule has 0 spiro atoms. The fraction of sp³-hybridized carbons (Fsp3) is 0.0769. The molecule has 3 aromatic rings. The zero-order chi connectivity index (χ0) is 13.8. The highest BCUT2D eigenvalue weighted by Crippen LogP contribution is 2.26. The van der Waals surface area contributed by atoms with E-state index in [4.69, 9.17) is 0 Å². The van der Waals surface area contributed by atoms with Crippen LogP contribution in [0.4, 0.5) is 5.69 Å². The monoisotopic (exact) mass is 366 g/mol. The molecule has 0 unspecified atom stereocenters. The second-order valence-corrected chi connectivity index (χ2v) is 6.88. The third kappa shape index (κ3) is 3.41. The molecule has 2 heterocycles. The van der Waals surface area contributed by atoms with Gasteiger partial charge in [0.2, 0.25) is 0 Å². The number of H-pyrrole nitrogens is 1. The van der Waals surface area contributed by atoms with E-state index in [1.54, 1.807) is 23.1 Å². The molecule has 0 fully saturated rings. The number of aromatic amines is 1. The Kier molecular flexibility index (Phi) is 4.39. The largest absolute Gasteiger partial charge is 0.380 e. The molecular formula is C13H11BrN4S2. The summed E-state index contributed by atoms with van der Waals surface area (Å²) >= 11 is 6.84. The second kappa shape index (κ2) is 6.43. The summed E-state index contributed by atoms with van der Waals surface area (Å²) < 4.78 is 1.16. The smallest absolute Gasteiger partial charge is 0.188 e. The van der Waals surface area contributed by atoms with Crippen molar-refractivity contribution in [1.29, 1.82) is 0 Å². The minimum atomic E-state index is 0.799. The summed E-state index contributed by atoms with van der Waals surface area (Å²) in [7, 11) is 0. The zero-order valence-electron chi connectivity index (χ0n) is 10.3. The molecule has 102 valence electrons. The molecule has 2 N–H and O–H groups in total. The Balaban J connectivity index is 1.60. The van der Waals surface area contributed by atoms with E-state index in [0.717, 1.165) is 26.8 Å². The van der Waals surface area contributed by atoms with E-state index >= 15 is 0 Å². The second-order valence-electron chi connectivity index (χ2n) is 3.96. The number of hydrogen-bond acceptors (Lipinski definition) is 5. The van der Waals surface area contributed by atoms with Gasteiger partial charge in [-0.2, -0.15) is 5.10 Å². The number of nitrogens with one attached hydrogen (secondary N) is 2. The molecule has 7 heteroatoms. The number of aromatic nitrogens is 3. The van der Waals surface area contributed by atoms with Gasteiger partial charge in [-0.3, -0.25) is 5.10 Å². The first-order chi connectivity index (χ1) is 9.81. The van der Waals surface area contributed by atoms with E-state index in [0.29, 0.717) is 0 Å². The number of hydrogen-bond donors (Lipinski definition) is 2. The third-order valence-corrected chi connectivity index (χ3v) is 5.43. The first-order valence-corrected chi connectivity index (χ1v) is 8.39. The van der Waals surface area contributed by atoms with Gasteiger partial charge in [0.15, 0.2) is 5.16 Å². The molecule has 0 radical (unpaired) electrons. The minimum Gasteiger partial charge on any atom is -0.380 e. The van der Waals surface area contributed by atoms with Gasteiger partial charge in [0.25, 0.3) is 0 Å². The predicted octanol–water partition coefficient (Wildman–Crippen LogP) is 4.39. The van der Waals surface area contributed by atoms with Gasteiger partial charge < -0.3 is 5.32 Å². The molecule has 1 aromatic carbocycles. The molecule has 2 aromatic heterocycles. The highest BCUT2D eigenvalue weighted by atomic mass is 79.9. The Labute approximate surface area is 133 Å². The van der Waals surface area contributed by atoms with Gasteiger partial charge in [-0.25, -0.2) is 4.98 Å². The SMILES string of the molecule is Brc1ccsc1CNc1ccc(Sc2ncn[nH]2)cc1. The van der Waals surface area contributed by atoms with Crippen molar-refractivity contribution >= 4 is 44.7 Å². The average molecular weight is 367 g/mol. The molecule has 0 saturated heterocycles. The molecule has 4 nitrogen and oxygen atoms in total. The minimum absolute atomic E-state index is 0.799. The van der Waals surface area contributed by atoms with Crippen LogP contribution in [0.2, 0.25) is 0 Å². The lowest BCUT2D eigenvalue weighted by Gasteiger charge is -2.06. The third-order valence-electron chi connectivity index (χ3n) is 2.61. The summed E-state index contributed by atoms with van der Waals surface area (Å²) in [4.78, 5) is 6.52. The van der Waals surface area contributed by atoms with Crippen LogP contribution in [0.15, 0.2) is 56.6 Å². The lowest BCUT2D eigenvalue weighted by molar-refractivity contribution is 0.973. The Morgan fingerprint density at radius 3 is 2.75 bits per heavy atom. The van der Waals surface area contributed by atoms with Crippen LogP contribution in [0.1, 0.15) is 4.88 Å². The highest BCUT2D eigenvalue weighted by molar-refractivity contribution is 9.10. The van der Waals surface area contributed by atoms with Crippen LogP contribution in [0.25, 0.3) is 0 Å². The predicted molar refractivity (Wildman–Crippen MR) is 86.3 cm³/mol. The summed E-state index contributed by atoms with van der Waals surface area (Å²) in [6.07, 6.45) is 1.51. The Morgan fingerprint density at radius 2 is 2.10 bits per heavy atom. The zero-order valence-corrected chi connectivity index (χ0v) is 13.6. The van der Waals surface area contributed by atoms with Gasteiger partial charge in [-0.15, -0.1) is 11.3 Å². The van der Waals surface area contributed by atoms with E-state index in [9.17, 15) is 0 Å². The summed E-state index contributed by atoms with van der Waals surface area (Å²) in [6.45, 7) is 0.826. The number of rotatable bonds is 5. The van der Waals surface area contributed by atoms with Crippen molar-refractivity contribution in [1.82, 2.24) is 15.2 Å². The fourth-order valence-electron chi connectivity index (χ4n) is 1.63. The number of nitrogens with zero attached hydrogens (tertiary/aromatic N) is 2. The maximum Gasteiger partial charge on any atom is 0.188 e. The Morgan fingerprint density at radius 1 is 1.25 bits per heavy atom. The summed E-state index contributed by atoms with van der Waals surface area (Å²) in [6, 6.07) is 10.3. The Bertz CT molecular complexity index is 664. The van der Waals surface area contributed by atoms with Crippen molar-refractivity contribution in [2.45, 2.75) is 16.6 Å². The lowest BCUT2D eigenvalue weighted by Crippen LogP contribution is -1.97. The average Bonchev–Trinajstić information content (AvgIpc) is 3.10. The summed E-state index contributed by atoms with van der Waals surface area (Å²) in [5.74, 6) is 0. The molecule has 0 aliphatic heterocycles. The van der Waals surface area contributed by atoms with Crippen LogP contribution in [-0.4, -0.2) is 15.2 Å². The Hall–Kier alpha value is -1.31. The van der Waals surface area contributed by atoms with Crippen molar-refractivity contribution in [2.75, 3.05) is 5.32 Å². The molecule has 0 bridgehead atoms. The number of benzene rings is 1. The molecule has 0 amide bonds. The van der Waals surface area contributed by atoms with Gasteiger partial charge in [0.05, 0.1) is 6.54 Å². The number of thiophene rings is 1. The topological polar surface area (TPSA) is 53.6 Å². The van der Waals surface area contributed by atoms with Gasteiger partial charge in [0, 0.05) is 19.9 Å². The quantitative estimate of drug-likeness (QED) is 0.702. The summed E-state index contributed by atoms with van der Waals surface area (Å²) in [5, 5.41) is 13.0. The van der Waals surface area contributed by atoms with E-state index in [1.807, 2.05) is 0 Å². The molecule has 0 saturated carbocycles. The van der Waals surface area contributed by atoms with Crippen LogP contribution in [0, 0.1) is 0 Å². The van der Waals surface area contributed by atoms with Crippen LogP contribution in [-0.2, 0) is 6.54 Å². The maximum atomic E-state index is 4.09. The van der Waals surface area contributed by atoms with Crippen LogP contribution in [0.5, 0.6) is 0 Å². The normalized spacial score (nSPS) is 10.7. The molecule has 0 aliphatic carbocycles. The highest BCUT2D eigenvalue weighted by Gasteiger charge is 2.02. The van der Waals surface area contributed by atoms with Crippen LogP contribution in [0.3, 0.4) is 0 Å². The molecular weight excluding hydrogens is 356 g/mol. The molecule has 0 atom stereocenters. The fourth-order valence-corrected chi connectivity index (χ4v) is 3.76. The molecule has 3 rings (SSSR count). The standard InChI is InChI=1S/C13H11BrN4S2/c14-11-5-6-19-12(11)7-15-9-1-3-10(4-2-9)20-13-16-8-17-18-13/h1-6,8,15H,7H2,(H,16,17,18). The molecule has 0 aliphatic rings. The van der Waals surface area contributed by atoms with Gasteiger partial charge >= 0.3 is 0 Å². The van der Waals surface area contributed by atoms with E-state index in [-0.39, 0.29) is 0 Å². The first-order valence-electron chi connectivity index (χ1n) is 5.90. The van der Waals surface area contributed by atoms with E-state index in [1.165, 1.54) is 11.2 Å². The molecule has 20 heavy (non-hydrogen) atoms. The first kappa shape index (κ1) is 13.7. The summed E-state index contributed by atoms with van der Waals surface area (Å²) in [5.41, 5.74) is 1.10. The van der Waals surface area contributed by atoms with Gasteiger partial charge in [-0.1, -0.05) is 11.8 Å². The number of anilines is 1. The van der Waals surface area contributed by atoms with Crippen molar-refractivity contribution in [2.24, 2.45) is 0 Å². The van der Waals surface area contributed by atoms with E-state index < -0.39 is 0 Å². The van der Waals surface area contributed by atoms with Crippen molar-refractivity contribution in [3.8, 4) is 0 Å². The lowest BCUT2D eigenvalue weighted by atomic mass is 10.3. The number of halogens is 1. The van der Waals surface area contributed by atoms with Crippen molar-refractivity contribution in [3.63, 3.8) is 0 Å². The van der Waals surface area contributed by atoms with Crippen molar-refractivity contribution < 1.29 is 0 Å². The van der Waals surface area contributed by atoms with Crippen LogP contribution < -0.4 is 5.32 Å². The van der Waals surface area contributed by atoms with Crippen molar-refractivity contribution in [3.05, 3.63) is 51.4 Å². The maximum absolute atomic E-state index is 4.09. The van der Waals surface area contributed by atoms with E-state index in [2.05, 4.69) is 72.1 Å².